The number of aromatic amines is 1. The molecule has 0 unspecified atom stereocenters. The molecule has 9 nitrogen and oxygen atoms in total. The highest BCUT2D eigenvalue weighted by molar-refractivity contribution is 5.95. The summed E-state index contributed by atoms with van der Waals surface area (Å²) in [5.74, 6) is 0.178. The van der Waals surface area contributed by atoms with Gasteiger partial charge in [-0.15, -0.1) is 0 Å². The summed E-state index contributed by atoms with van der Waals surface area (Å²) in [6.45, 7) is 3.50. The van der Waals surface area contributed by atoms with Gasteiger partial charge in [-0.25, -0.2) is 4.79 Å². The molecular weight excluding hydrogens is 460 g/mol. The predicted molar refractivity (Wildman–Crippen MR) is 133 cm³/mol. The fourth-order valence-corrected chi connectivity index (χ4v) is 4.22. The minimum atomic E-state index is -0.490. The predicted octanol–water partition coefficient (Wildman–Crippen LogP) is 3.31. The molecule has 0 bridgehead atoms. The van der Waals surface area contributed by atoms with E-state index < -0.39 is 5.69 Å². The van der Waals surface area contributed by atoms with Crippen molar-refractivity contribution in [3.63, 3.8) is 0 Å². The Labute approximate surface area is 206 Å². The lowest BCUT2D eigenvalue weighted by Crippen LogP contribution is -2.50. The number of aryl methyl sites for hydroxylation is 1. The normalized spacial score (nSPS) is 13.6. The molecule has 3 heterocycles. The Kier molecular flexibility index (Phi) is 6.12. The van der Waals surface area contributed by atoms with E-state index in [0.717, 1.165) is 5.56 Å². The number of aromatic hydroxyl groups is 1. The maximum absolute atomic E-state index is 13.0. The van der Waals surface area contributed by atoms with Crippen molar-refractivity contribution in [1.82, 2.24) is 19.8 Å². The number of nitrogens with zero attached hydrogens (tertiary/aromatic N) is 3. The molecule has 36 heavy (non-hydrogen) atoms. The van der Waals surface area contributed by atoms with E-state index in [-0.39, 0.29) is 17.6 Å². The molecule has 9 heteroatoms. The van der Waals surface area contributed by atoms with Crippen molar-refractivity contribution in [1.29, 1.82) is 0 Å². The highest BCUT2D eigenvalue weighted by Gasteiger charge is 2.26. The third kappa shape index (κ3) is 4.63. The lowest BCUT2D eigenvalue weighted by molar-refractivity contribution is 0.0518. The van der Waals surface area contributed by atoms with Gasteiger partial charge in [0.25, 0.3) is 11.8 Å². The van der Waals surface area contributed by atoms with Crippen LogP contribution in [-0.4, -0.2) is 62.9 Å². The molecule has 2 amide bonds. The van der Waals surface area contributed by atoms with E-state index in [2.05, 4.69) is 9.97 Å². The molecule has 182 valence electrons. The highest BCUT2D eigenvalue weighted by Crippen LogP contribution is 2.26. The second kappa shape index (κ2) is 9.53. The number of rotatable bonds is 4. The van der Waals surface area contributed by atoms with Gasteiger partial charge < -0.3 is 24.3 Å². The van der Waals surface area contributed by atoms with Crippen molar-refractivity contribution >= 4 is 11.8 Å². The number of carbonyl (C=O) groups excluding carboxylic acids is 2. The minimum Gasteiger partial charge on any atom is -0.508 e. The van der Waals surface area contributed by atoms with Crippen LogP contribution >= 0.6 is 0 Å². The summed E-state index contributed by atoms with van der Waals surface area (Å²) >= 11 is 0. The molecule has 0 aliphatic carbocycles. The highest BCUT2D eigenvalue weighted by atomic mass is 16.3. The molecule has 0 spiro atoms. The molecule has 1 aliphatic rings. The first-order valence-corrected chi connectivity index (χ1v) is 11.5. The molecule has 1 aliphatic heterocycles. The number of piperazine rings is 1. The zero-order chi connectivity index (χ0) is 25.2. The third-order valence-electron chi connectivity index (χ3n) is 6.27. The summed E-state index contributed by atoms with van der Waals surface area (Å²) in [6.07, 6.45) is 1.47. The summed E-state index contributed by atoms with van der Waals surface area (Å²) in [5.41, 5.74) is 3.22. The van der Waals surface area contributed by atoms with Crippen molar-refractivity contribution in [2.75, 3.05) is 26.2 Å². The molecule has 2 N–H and O–H groups in total. The van der Waals surface area contributed by atoms with E-state index in [0.29, 0.717) is 60.0 Å². The van der Waals surface area contributed by atoms with Crippen LogP contribution in [-0.2, 0) is 0 Å². The van der Waals surface area contributed by atoms with Crippen LogP contribution < -0.4 is 5.69 Å². The van der Waals surface area contributed by atoms with Gasteiger partial charge in [0.15, 0.2) is 5.76 Å². The molecule has 4 aromatic rings. The average Bonchev–Trinajstić information content (AvgIpc) is 3.44. The maximum Gasteiger partial charge on any atom is 0.345 e. The van der Waals surface area contributed by atoms with Gasteiger partial charge in [0.1, 0.15) is 5.75 Å². The Hall–Kier alpha value is -4.66. The first-order chi connectivity index (χ1) is 17.4. The average molecular weight is 485 g/mol. The summed E-state index contributed by atoms with van der Waals surface area (Å²) in [7, 11) is 0. The number of aromatic nitrogens is 2. The summed E-state index contributed by atoms with van der Waals surface area (Å²) in [6, 6.07) is 17.1. The van der Waals surface area contributed by atoms with Crippen molar-refractivity contribution in [3.05, 3.63) is 94.3 Å². The standard InChI is InChI=1S/C27H24N4O5/c1-17-15-20(8-9-23(17)32)22-16-21(28-27(35)29-22)18-4-6-19(7-5-18)25(33)30-10-12-31(13-11-30)26(34)24-3-2-14-36-24/h2-9,14-16,32H,10-13H2,1H3,(H,28,29,35). The number of carbonyl (C=O) groups is 2. The number of phenols is 1. The van der Waals surface area contributed by atoms with Gasteiger partial charge in [0.2, 0.25) is 0 Å². The van der Waals surface area contributed by atoms with Crippen LogP contribution in [0, 0.1) is 6.92 Å². The van der Waals surface area contributed by atoms with Crippen LogP contribution in [0.1, 0.15) is 26.5 Å². The van der Waals surface area contributed by atoms with Crippen LogP contribution in [0.2, 0.25) is 0 Å². The zero-order valence-electron chi connectivity index (χ0n) is 19.6. The van der Waals surface area contributed by atoms with Gasteiger partial charge in [0, 0.05) is 37.3 Å². The lowest BCUT2D eigenvalue weighted by Gasteiger charge is -2.34. The van der Waals surface area contributed by atoms with E-state index >= 15 is 0 Å². The van der Waals surface area contributed by atoms with Crippen LogP contribution in [0.15, 0.2) is 76.1 Å². The molecule has 5 rings (SSSR count). The van der Waals surface area contributed by atoms with Gasteiger partial charge in [-0.3, -0.25) is 9.59 Å². The summed E-state index contributed by atoms with van der Waals surface area (Å²) < 4.78 is 5.18. The Bertz CT molecular complexity index is 1470. The van der Waals surface area contributed by atoms with Crippen LogP contribution in [0.5, 0.6) is 5.75 Å². The molecule has 0 atom stereocenters. The number of nitrogens with one attached hydrogen (secondary N) is 1. The SMILES string of the molecule is Cc1cc(-c2cc(-c3ccc(C(=O)N4CCN(C(=O)c5ccco5)CC4)cc3)[nH]c(=O)n2)ccc1O. The molecule has 1 fully saturated rings. The lowest BCUT2D eigenvalue weighted by atomic mass is 10.0. The van der Waals surface area contributed by atoms with Crippen molar-refractivity contribution in [3.8, 4) is 28.3 Å². The number of benzene rings is 2. The fourth-order valence-electron chi connectivity index (χ4n) is 4.22. The molecule has 0 radical (unpaired) electrons. The maximum atomic E-state index is 13.0. The molecule has 2 aromatic carbocycles. The van der Waals surface area contributed by atoms with E-state index in [9.17, 15) is 19.5 Å². The largest absolute Gasteiger partial charge is 0.508 e. The third-order valence-corrected chi connectivity index (χ3v) is 6.27. The number of amides is 2. The van der Waals surface area contributed by atoms with Crippen molar-refractivity contribution < 1.29 is 19.1 Å². The van der Waals surface area contributed by atoms with E-state index in [1.807, 2.05) is 0 Å². The number of H-pyrrole nitrogens is 1. The molecular formula is C27H24N4O5. The van der Waals surface area contributed by atoms with E-state index in [4.69, 9.17) is 4.42 Å². The van der Waals surface area contributed by atoms with Crippen molar-refractivity contribution in [2.45, 2.75) is 6.92 Å². The number of hydrogen-bond acceptors (Lipinski definition) is 6. The van der Waals surface area contributed by atoms with Crippen LogP contribution in [0.25, 0.3) is 22.5 Å². The van der Waals surface area contributed by atoms with Gasteiger partial charge >= 0.3 is 5.69 Å². The first kappa shape index (κ1) is 23.1. The Morgan fingerprint density at radius 3 is 2.22 bits per heavy atom. The number of phenolic OH excluding ortho intramolecular Hbond substituents is 1. The zero-order valence-corrected chi connectivity index (χ0v) is 19.6. The number of furan rings is 1. The van der Waals surface area contributed by atoms with Crippen molar-refractivity contribution in [2.24, 2.45) is 0 Å². The topological polar surface area (TPSA) is 120 Å². The van der Waals surface area contributed by atoms with Gasteiger partial charge in [-0.1, -0.05) is 12.1 Å². The molecule has 1 saturated heterocycles. The quantitative estimate of drug-likeness (QED) is 0.459. The second-order valence-corrected chi connectivity index (χ2v) is 8.63. The smallest absolute Gasteiger partial charge is 0.345 e. The summed E-state index contributed by atoms with van der Waals surface area (Å²) in [5, 5.41) is 9.78. The van der Waals surface area contributed by atoms with E-state index in [1.165, 1.54) is 6.26 Å². The Morgan fingerprint density at radius 1 is 0.917 bits per heavy atom. The number of hydrogen-bond donors (Lipinski definition) is 2. The minimum absolute atomic E-state index is 0.116. The van der Waals surface area contributed by atoms with Crippen LogP contribution in [0.4, 0.5) is 0 Å². The Morgan fingerprint density at radius 2 is 1.58 bits per heavy atom. The van der Waals surface area contributed by atoms with E-state index in [1.54, 1.807) is 77.4 Å². The Balaban J connectivity index is 1.29. The van der Waals surface area contributed by atoms with Gasteiger partial charge in [-0.05, 0) is 66.6 Å². The molecule has 2 aromatic heterocycles. The monoisotopic (exact) mass is 484 g/mol. The van der Waals surface area contributed by atoms with Crippen LogP contribution in [0.3, 0.4) is 0 Å². The molecule has 0 saturated carbocycles. The van der Waals surface area contributed by atoms with Gasteiger partial charge in [0.05, 0.1) is 17.7 Å². The summed E-state index contributed by atoms with van der Waals surface area (Å²) in [4.78, 5) is 47.9. The first-order valence-electron chi connectivity index (χ1n) is 11.5. The van der Waals surface area contributed by atoms with Gasteiger partial charge in [-0.2, -0.15) is 4.98 Å². The fraction of sp³-hybridized carbons (Fsp3) is 0.185. The second-order valence-electron chi connectivity index (χ2n) is 8.63.